The second-order valence-corrected chi connectivity index (χ2v) is 5.25. The van der Waals surface area contributed by atoms with Gasteiger partial charge in [-0.05, 0) is 34.8 Å². The highest BCUT2D eigenvalue weighted by Gasteiger charge is 2.44. The van der Waals surface area contributed by atoms with Gasteiger partial charge in [-0.3, -0.25) is 0 Å². The molecule has 0 saturated heterocycles. The Labute approximate surface area is 114 Å². The SMILES string of the molecule is FC(F)(F)c1cc(NC2CCCC2(F)F)ncc1Br. The zero-order valence-corrected chi connectivity index (χ0v) is 11.2. The summed E-state index contributed by atoms with van der Waals surface area (Å²) in [6.07, 6.45) is -3.30. The zero-order valence-electron chi connectivity index (χ0n) is 9.57. The maximum absolute atomic E-state index is 13.4. The van der Waals surface area contributed by atoms with Gasteiger partial charge in [0.05, 0.1) is 11.6 Å². The van der Waals surface area contributed by atoms with E-state index < -0.39 is 23.7 Å². The van der Waals surface area contributed by atoms with Crippen LogP contribution in [0.1, 0.15) is 24.8 Å². The molecule has 1 unspecified atom stereocenters. The Morgan fingerprint density at radius 1 is 1.37 bits per heavy atom. The Morgan fingerprint density at radius 3 is 2.58 bits per heavy atom. The lowest BCUT2D eigenvalue weighted by Crippen LogP contribution is -2.34. The third-order valence-electron chi connectivity index (χ3n) is 3.00. The highest BCUT2D eigenvalue weighted by atomic mass is 79.9. The molecule has 106 valence electrons. The van der Waals surface area contributed by atoms with Crippen molar-refractivity contribution in [2.24, 2.45) is 0 Å². The summed E-state index contributed by atoms with van der Waals surface area (Å²) in [5.74, 6) is -3.10. The lowest BCUT2D eigenvalue weighted by molar-refractivity contribution is -0.138. The fraction of sp³-hybridized carbons (Fsp3) is 0.545. The molecule has 1 heterocycles. The van der Waals surface area contributed by atoms with Crippen LogP contribution in [0.4, 0.5) is 27.8 Å². The van der Waals surface area contributed by atoms with Crippen molar-refractivity contribution in [2.45, 2.75) is 37.4 Å². The Bertz CT molecular complexity index is 475. The van der Waals surface area contributed by atoms with E-state index in [1.807, 2.05) is 0 Å². The molecule has 1 aromatic rings. The first kappa shape index (κ1) is 14.5. The molecular weight excluding hydrogens is 335 g/mol. The molecular formula is C11H10BrF5N2. The lowest BCUT2D eigenvalue weighted by Gasteiger charge is -2.21. The summed E-state index contributed by atoms with van der Waals surface area (Å²) in [6.45, 7) is 0. The summed E-state index contributed by atoms with van der Waals surface area (Å²) >= 11 is 2.74. The van der Waals surface area contributed by atoms with Crippen LogP contribution < -0.4 is 5.32 Å². The van der Waals surface area contributed by atoms with Crippen molar-refractivity contribution in [3.63, 3.8) is 0 Å². The summed E-state index contributed by atoms with van der Waals surface area (Å²) in [5, 5.41) is 2.39. The third kappa shape index (κ3) is 3.16. The number of alkyl halides is 5. The Hall–Kier alpha value is -0.920. The molecule has 1 aliphatic rings. The van der Waals surface area contributed by atoms with Crippen LogP contribution in [0, 0.1) is 0 Å². The Morgan fingerprint density at radius 2 is 2.05 bits per heavy atom. The summed E-state index contributed by atoms with van der Waals surface area (Å²) in [7, 11) is 0. The van der Waals surface area contributed by atoms with Crippen molar-refractivity contribution in [2.75, 3.05) is 5.32 Å². The molecule has 1 aliphatic carbocycles. The molecule has 1 N–H and O–H groups in total. The maximum Gasteiger partial charge on any atom is 0.417 e. The smallest absolute Gasteiger partial charge is 0.361 e. The fourth-order valence-corrected chi connectivity index (χ4v) is 2.46. The first-order chi connectivity index (χ1) is 8.70. The third-order valence-corrected chi connectivity index (χ3v) is 3.63. The first-order valence-corrected chi connectivity index (χ1v) is 6.36. The molecule has 1 saturated carbocycles. The largest absolute Gasteiger partial charge is 0.417 e. The lowest BCUT2D eigenvalue weighted by atomic mass is 10.2. The monoisotopic (exact) mass is 344 g/mol. The summed E-state index contributed by atoms with van der Waals surface area (Å²) in [4.78, 5) is 3.69. The van der Waals surface area contributed by atoms with E-state index in [0.717, 1.165) is 12.3 Å². The highest BCUT2D eigenvalue weighted by Crippen LogP contribution is 2.39. The van der Waals surface area contributed by atoms with E-state index >= 15 is 0 Å². The minimum Gasteiger partial charge on any atom is -0.361 e. The second kappa shape index (κ2) is 4.88. The molecule has 2 nitrogen and oxygen atoms in total. The molecule has 0 aliphatic heterocycles. The topological polar surface area (TPSA) is 24.9 Å². The van der Waals surface area contributed by atoms with Gasteiger partial charge in [0, 0.05) is 17.1 Å². The maximum atomic E-state index is 13.4. The minimum atomic E-state index is -4.56. The van der Waals surface area contributed by atoms with Gasteiger partial charge in [0.25, 0.3) is 5.92 Å². The number of rotatable bonds is 2. The summed E-state index contributed by atoms with van der Waals surface area (Å²) < 4.78 is 64.5. The van der Waals surface area contributed by atoms with Gasteiger partial charge in [0.15, 0.2) is 0 Å². The quantitative estimate of drug-likeness (QED) is 0.801. The van der Waals surface area contributed by atoms with E-state index in [0.29, 0.717) is 6.42 Å². The number of aromatic nitrogens is 1. The van der Waals surface area contributed by atoms with Crippen LogP contribution in [0.3, 0.4) is 0 Å². The van der Waals surface area contributed by atoms with Crippen LogP contribution >= 0.6 is 15.9 Å². The molecule has 0 spiro atoms. The van der Waals surface area contributed by atoms with Crippen LogP contribution in [-0.4, -0.2) is 16.9 Å². The minimum absolute atomic E-state index is 0.192. The van der Waals surface area contributed by atoms with Crippen molar-refractivity contribution in [3.8, 4) is 0 Å². The average Bonchev–Trinajstić information content (AvgIpc) is 2.59. The van der Waals surface area contributed by atoms with Crippen molar-refractivity contribution in [1.29, 1.82) is 0 Å². The van der Waals surface area contributed by atoms with Gasteiger partial charge >= 0.3 is 6.18 Å². The molecule has 1 fully saturated rings. The van der Waals surface area contributed by atoms with E-state index in [1.165, 1.54) is 0 Å². The van der Waals surface area contributed by atoms with Crippen molar-refractivity contribution in [3.05, 3.63) is 22.3 Å². The number of hydrogen-bond donors (Lipinski definition) is 1. The van der Waals surface area contributed by atoms with Gasteiger partial charge in [-0.2, -0.15) is 13.2 Å². The molecule has 0 aromatic carbocycles. The molecule has 0 radical (unpaired) electrons. The number of anilines is 1. The van der Waals surface area contributed by atoms with Crippen molar-refractivity contribution < 1.29 is 22.0 Å². The molecule has 0 amide bonds. The zero-order chi connectivity index (χ0) is 14.3. The molecule has 2 rings (SSSR count). The first-order valence-electron chi connectivity index (χ1n) is 5.57. The number of nitrogens with zero attached hydrogens (tertiary/aromatic N) is 1. The normalized spacial score (nSPS) is 22.5. The van der Waals surface area contributed by atoms with E-state index in [1.54, 1.807) is 0 Å². The van der Waals surface area contributed by atoms with Crippen molar-refractivity contribution >= 4 is 21.7 Å². The van der Waals surface area contributed by atoms with Crippen LogP contribution in [0.2, 0.25) is 0 Å². The summed E-state index contributed by atoms with van der Waals surface area (Å²) in [6, 6.07) is -0.430. The van der Waals surface area contributed by atoms with Crippen molar-refractivity contribution in [1.82, 2.24) is 4.98 Å². The second-order valence-electron chi connectivity index (χ2n) is 4.40. The van der Waals surface area contributed by atoms with Gasteiger partial charge in [-0.25, -0.2) is 13.8 Å². The molecule has 0 bridgehead atoms. The van der Waals surface area contributed by atoms with E-state index in [4.69, 9.17) is 0 Å². The number of halogens is 6. The van der Waals surface area contributed by atoms with Crippen LogP contribution in [0.15, 0.2) is 16.7 Å². The van der Waals surface area contributed by atoms with Gasteiger partial charge < -0.3 is 5.32 Å². The number of nitrogens with one attached hydrogen (secondary N) is 1. The van der Waals surface area contributed by atoms with E-state index in [2.05, 4.69) is 26.2 Å². The Kier molecular flexibility index (Phi) is 3.72. The van der Waals surface area contributed by atoms with Gasteiger partial charge in [0.2, 0.25) is 0 Å². The van der Waals surface area contributed by atoms with Gasteiger partial charge in [0.1, 0.15) is 5.82 Å². The Balaban J connectivity index is 2.23. The van der Waals surface area contributed by atoms with Gasteiger partial charge in [-0.1, -0.05) is 0 Å². The fourth-order valence-electron chi connectivity index (χ4n) is 2.02. The molecule has 1 atom stereocenters. The van der Waals surface area contributed by atoms with E-state index in [9.17, 15) is 22.0 Å². The average molecular weight is 345 g/mol. The standard InChI is InChI=1S/C11H10BrF5N2/c12-7-5-18-9(4-6(7)11(15,16)17)19-8-2-1-3-10(8,13)14/h4-5,8H,1-3H2,(H,18,19). The van der Waals surface area contributed by atoms with Gasteiger partial charge in [-0.15, -0.1) is 0 Å². The van der Waals surface area contributed by atoms with Crippen LogP contribution in [0.5, 0.6) is 0 Å². The molecule has 19 heavy (non-hydrogen) atoms. The number of pyridine rings is 1. The van der Waals surface area contributed by atoms with Crippen LogP contribution in [0.25, 0.3) is 0 Å². The molecule has 8 heteroatoms. The number of hydrogen-bond acceptors (Lipinski definition) is 2. The molecule has 1 aromatic heterocycles. The highest BCUT2D eigenvalue weighted by molar-refractivity contribution is 9.10. The van der Waals surface area contributed by atoms with Crippen LogP contribution in [-0.2, 0) is 6.18 Å². The predicted molar refractivity (Wildman–Crippen MR) is 63.1 cm³/mol. The predicted octanol–water partition coefficient (Wildman–Crippen LogP) is 4.46. The summed E-state index contributed by atoms with van der Waals surface area (Å²) in [5.41, 5.74) is -0.939. The van der Waals surface area contributed by atoms with E-state index in [-0.39, 0.29) is 23.1 Å².